The highest BCUT2D eigenvalue weighted by Crippen LogP contribution is 2.18. The average Bonchev–Trinajstić information content (AvgIpc) is 2.43. The van der Waals surface area contributed by atoms with Crippen molar-refractivity contribution in [3.63, 3.8) is 0 Å². The van der Waals surface area contributed by atoms with Crippen LogP contribution in [0.3, 0.4) is 0 Å². The molecule has 1 heterocycles. The molecule has 0 aliphatic heterocycles. The largest absolute Gasteiger partial charge is 0.381 e. The number of halogens is 1. The predicted molar refractivity (Wildman–Crippen MR) is 81.8 cm³/mol. The summed E-state index contributed by atoms with van der Waals surface area (Å²) in [7, 11) is 0. The van der Waals surface area contributed by atoms with Crippen LogP contribution < -0.4 is 5.32 Å². The number of aromatic nitrogens is 1. The average molecular weight is 275 g/mol. The first-order valence-corrected chi connectivity index (χ1v) is 6.99. The standard InChI is InChI=1S/C16H19ClN2/c1-3-14(10-13-7-5-4-6-8-13)19-15-9-12(2)16(17)18-11-15/h4-9,11,14,19H,3,10H2,1-2H3. The molecule has 1 aromatic heterocycles. The van der Waals surface area contributed by atoms with E-state index in [1.165, 1.54) is 5.56 Å². The van der Waals surface area contributed by atoms with Crippen LogP contribution in [0.1, 0.15) is 24.5 Å². The van der Waals surface area contributed by atoms with E-state index in [4.69, 9.17) is 11.6 Å². The molecule has 2 aromatic rings. The van der Waals surface area contributed by atoms with Crippen LogP contribution in [0.15, 0.2) is 42.6 Å². The van der Waals surface area contributed by atoms with Crippen molar-refractivity contribution in [3.05, 3.63) is 58.9 Å². The normalized spacial score (nSPS) is 12.2. The molecule has 0 aliphatic rings. The van der Waals surface area contributed by atoms with Gasteiger partial charge >= 0.3 is 0 Å². The molecule has 0 fully saturated rings. The van der Waals surface area contributed by atoms with E-state index in [9.17, 15) is 0 Å². The van der Waals surface area contributed by atoms with E-state index in [-0.39, 0.29) is 0 Å². The minimum absolute atomic E-state index is 0.407. The van der Waals surface area contributed by atoms with Gasteiger partial charge in [0.15, 0.2) is 0 Å². The van der Waals surface area contributed by atoms with Crippen LogP contribution in [0, 0.1) is 6.92 Å². The van der Waals surface area contributed by atoms with E-state index in [2.05, 4.69) is 41.5 Å². The monoisotopic (exact) mass is 274 g/mol. The Bertz CT molecular complexity index is 526. The SMILES string of the molecule is CCC(Cc1ccccc1)Nc1cnc(Cl)c(C)c1. The van der Waals surface area contributed by atoms with Gasteiger partial charge in [-0.05, 0) is 37.0 Å². The molecule has 0 amide bonds. The summed E-state index contributed by atoms with van der Waals surface area (Å²) >= 11 is 5.94. The van der Waals surface area contributed by atoms with Crippen molar-refractivity contribution < 1.29 is 0 Å². The van der Waals surface area contributed by atoms with Crippen LogP contribution in [0.5, 0.6) is 0 Å². The quantitative estimate of drug-likeness (QED) is 0.814. The topological polar surface area (TPSA) is 24.9 Å². The molecule has 1 aromatic carbocycles. The molecule has 0 saturated carbocycles. The van der Waals surface area contributed by atoms with Crippen molar-refractivity contribution in [2.45, 2.75) is 32.7 Å². The van der Waals surface area contributed by atoms with Gasteiger partial charge in [0.25, 0.3) is 0 Å². The van der Waals surface area contributed by atoms with E-state index < -0.39 is 0 Å². The van der Waals surface area contributed by atoms with Crippen molar-refractivity contribution in [2.75, 3.05) is 5.32 Å². The second-order valence-corrected chi connectivity index (χ2v) is 5.13. The van der Waals surface area contributed by atoms with Gasteiger partial charge in [-0.2, -0.15) is 0 Å². The van der Waals surface area contributed by atoms with Crippen molar-refractivity contribution in [1.29, 1.82) is 0 Å². The highest BCUT2D eigenvalue weighted by atomic mass is 35.5. The Hall–Kier alpha value is -1.54. The summed E-state index contributed by atoms with van der Waals surface area (Å²) in [6.45, 7) is 4.16. The first-order chi connectivity index (χ1) is 9.19. The zero-order chi connectivity index (χ0) is 13.7. The molecule has 1 N–H and O–H groups in total. The molecule has 19 heavy (non-hydrogen) atoms. The van der Waals surface area contributed by atoms with Gasteiger partial charge in [0.1, 0.15) is 5.15 Å². The number of hydrogen-bond donors (Lipinski definition) is 1. The van der Waals surface area contributed by atoms with Gasteiger partial charge < -0.3 is 5.32 Å². The van der Waals surface area contributed by atoms with Crippen molar-refractivity contribution in [3.8, 4) is 0 Å². The zero-order valence-electron chi connectivity index (χ0n) is 11.4. The molecule has 0 bridgehead atoms. The van der Waals surface area contributed by atoms with Gasteiger partial charge in [0.2, 0.25) is 0 Å². The number of benzene rings is 1. The molecule has 100 valence electrons. The highest BCUT2D eigenvalue weighted by molar-refractivity contribution is 6.30. The Kier molecular flexibility index (Phi) is 4.80. The van der Waals surface area contributed by atoms with Crippen LogP contribution in [0.4, 0.5) is 5.69 Å². The van der Waals surface area contributed by atoms with E-state index in [1.807, 2.05) is 19.1 Å². The van der Waals surface area contributed by atoms with Crippen molar-refractivity contribution in [2.24, 2.45) is 0 Å². The van der Waals surface area contributed by atoms with Crippen LogP contribution in [0.25, 0.3) is 0 Å². The molecule has 0 saturated heterocycles. The Labute approximate surface area is 119 Å². The predicted octanol–water partition coefficient (Wildman–Crippen LogP) is 4.48. The number of nitrogens with zero attached hydrogens (tertiary/aromatic N) is 1. The van der Waals surface area contributed by atoms with E-state index in [0.717, 1.165) is 24.1 Å². The Morgan fingerprint density at radius 1 is 1.26 bits per heavy atom. The number of hydrogen-bond acceptors (Lipinski definition) is 2. The fourth-order valence-corrected chi connectivity index (χ4v) is 2.17. The smallest absolute Gasteiger partial charge is 0.132 e. The third kappa shape index (κ3) is 3.97. The third-order valence-corrected chi connectivity index (χ3v) is 3.60. The van der Waals surface area contributed by atoms with E-state index >= 15 is 0 Å². The molecule has 1 atom stereocenters. The maximum absolute atomic E-state index is 5.94. The summed E-state index contributed by atoms with van der Waals surface area (Å²) in [5.74, 6) is 0. The Balaban J connectivity index is 2.04. The fourth-order valence-electron chi connectivity index (χ4n) is 2.07. The molecule has 0 radical (unpaired) electrons. The first-order valence-electron chi connectivity index (χ1n) is 6.61. The summed E-state index contributed by atoms with van der Waals surface area (Å²) in [4.78, 5) is 4.18. The van der Waals surface area contributed by atoms with E-state index in [0.29, 0.717) is 11.2 Å². The molecule has 1 unspecified atom stereocenters. The van der Waals surface area contributed by atoms with Gasteiger partial charge in [-0.25, -0.2) is 4.98 Å². The van der Waals surface area contributed by atoms with Gasteiger partial charge in [-0.1, -0.05) is 48.9 Å². The van der Waals surface area contributed by atoms with E-state index in [1.54, 1.807) is 6.20 Å². The van der Waals surface area contributed by atoms with Crippen molar-refractivity contribution >= 4 is 17.3 Å². The minimum atomic E-state index is 0.407. The number of rotatable bonds is 5. The molecular weight excluding hydrogens is 256 g/mol. The summed E-state index contributed by atoms with van der Waals surface area (Å²) in [5.41, 5.74) is 3.38. The molecule has 0 aliphatic carbocycles. The van der Waals surface area contributed by atoms with Crippen LogP contribution in [0.2, 0.25) is 5.15 Å². The summed E-state index contributed by atoms with van der Waals surface area (Å²) < 4.78 is 0. The van der Waals surface area contributed by atoms with Gasteiger partial charge in [0, 0.05) is 6.04 Å². The molecule has 2 rings (SSSR count). The molecule has 0 spiro atoms. The molecule has 2 nitrogen and oxygen atoms in total. The molecular formula is C16H19ClN2. The summed E-state index contributed by atoms with van der Waals surface area (Å²) in [6, 6.07) is 13.0. The maximum atomic E-state index is 5.94. The number of anilines is 1. The fraction of sp³-hybridized carbons (Fsp3) is 0.312. The summed E-state index contributed by atoms with van der Waals surface area (Å²) in [5, 5.41) is 4.10. The lowest BCUT2D eigenvalue weighted by molar-refractivity contribution is 0.690. The molecule has 3 heteroatoms. The number of pyridine rings is 1. The Morgan fingerprint density at radius 3 is 2.63 bits per heavy atom. The summed E-state index contributed by atoms with van der Waals surface area (Å²) in [6.07, 6.45) is 3.87. The number of nitrogens with one attached hydrogen (secondary N) is 1. The lowest BCUT2D eigenvalue weighted by atomic mass is 10.0. The van der Waals surface area contributed by atoms with Gasteiger partial charge in [-0.3, -0.25) is 0 Å². The van der Waals surface area contributed by atoms with Gasteiger partial charge in [0.05, 0.1) is 11.9 Å². The maximum Gasteiger partial charge on any atom is 0.132 e. The van der Waals surface area contributed by atoms with Crippen molar-refractivity contribution in [1.82, 2.24) is 4.98 Å². The second-order valence-electron chi connectivity index (χ2n) is 4.77. The van der Waals surface area contributed by atoms with Crippen LogP contribution >= 0.6 is 11.6 Å². The van der Waals surface area contributed by atoms with Crippen LogP contribution in [-0.2, 0) is 6.42 Å². The lowest BCUT2D eigenvalue weighted by Crippen LogP contribution is -2.21. The third-order valence-electron chi connectivity index (χ3n) is 3.20. The number of aryl methyl sites for hydroxylation is 1. The highest BCUT2D eigenvalue weighted by Gasteiger charge is 2.08. The minimum Gasteiger partial charge on any atom is -0.381 e. The second kappa shape index (κ2) is 6.58. The van der Waals surface area contributed by atoms with Crippen LogP contribution in [-0.4, -0.2) is 11.0 Å². The lowest BCUT2D eigenvalue weighted by Gasteiger charge is -2.18. The van der Waals surface area contributed by atoms with Gasteiger partial charge in [-0.15, -0.1) is 0 Å². The zero-order valence-corrected chi connectivity index (χ0v) is 12.1. The Morgan fingerprint density at radius 2 is 2.00 bits per heavy atom. The first kappa shape index (κ1) is 13.9.